The van der Waals surface area contributed by atoms with Crippen LogP contribution in [-0.2, 0) is 0 Å². The highest BCUT2D eigenvalue weighted by atomic mass is 15.3. The number of benzene rings is 2. The Morgan fingerprint density at radius 2 is 1.70 bits per heavy atom. The van der Waals surface area contributed by atoms with E-state index in [1.54, 1.807) is 6.33 Å². The SMILES string of the molecule is Cc1cccc(-c2nnc3c4cnn(-c5ccc(C)cc5C)c4ncn23)c1. The average molecular weight is 354 g/mol. The topological polar surface area (TPSA) is 60.9 Å². The molecule has 0 aliphatic carbocycles. The number of hydrogen-bond acceptors (Lipinski definition) is 4. The van der Waals surface area contributed by atoms with E-state index in [2.05, 4.69) is 71.4 Å². The molecule has 3 heterocycles. The van der Waals surface area contributed by atoms with E-state index in [9.17, 15) is 0 Å². The standard InChI is InChI=1S/C21H18N6/c1-13-5-4-6-16(10-13)19-24-25-21-17-11-23-27(20(17)22-12-26(19)21)18-8-7-14(2)9-15(18)3/h4-12H,1-3H3. The van der Waals surface area contributed by atoms with Crippen molar-refractivity contribution in [3.63, 3.8) is 0 Å². The van der Waals surface area contributed by atoms with Crippen molar-refractivity contribution in [1.82, 2.24) is 29.4 Å². The first-order chi connectivity index (χ1) is 13.1. The summed E-state index contributed by atoms with van der Waals surface area (Å²) in [6.07, 6.45) is 3.59. The van der Waals surface area contributed by atoms with Crippen LogP contribution in [0.3, 0.4) is 0 Å². The van der Waals surface area contributed by atoms with Crippen molar-refractivity contribution in [2.45, 2.75) is 20.8 Å². The monoisotopic (exact) mass is 354 g/mol. The number of fused-ring (bicyclic) bond motifs is 3. The van der Waals surface area contributed by atoms with Crippen LogP contribution >= 0.6 is 0 Å². The fraction of sp³-hybridized carbons (Fsp3) is 0.143. The second-order valence-electron chi connectivity index (χ2n) is 6.91. The molecule has 0 radical (unpaired) electrons. The van der Waals surface area contributed by atoms with Crippen LogP contribution in [0.15, 0.2) is 55.0 Å². The molecule has 5 aromatic rings. The summed E-state index contributed by atoms with van der Waals surface area (Å²) >= 11 is 0. The summed E-state index contributed by atoms with van der Waals surface area (Å²) in [5, 5.41) is 14.3. The first kappa shape index (κ1) is 15.7. The normalized spacial score (nSPS) is 11.5. The van der Waals surface area contributed by atoms with E-state index >= 15 is 0 Å². The van der Waals surface area contributed by atoms with E-state index in [0.29, 0.717) is 0 Å². The quantitative estimate of drug-likeness (QED) is 0.480. The Hall–Kier alpha value is -3.54. The van der Waals surface area contributed by atoms with E-state index in [4.69, 9.17) is 0 Å². The van der Waals surface area contributed by atoms with Gasteiger partial charge in [-0.25, -0.2) is 9.67 Å². The highest BCUT2D eigenvalue weighted by Gasteiger charge is 2.16. The first-order valence-electron chi connectivity index (χ1n) is 8.84. The Morgan fingerprint density at radius 3 is 2.52 bits per heavy atom. The van der Waals surface area contributed by atoms with Gasteiger partial charge in [-0.15, -0.1) is 10.2 Å². The Morgan fingerprint density at radius 1 is 0.852 bits per heavy atom. The maximum absolute atomic E-state index is 4.67. The molecule has 0 atom stereocenters. The summed E-state index contributed by atoms with van der Waals surface area (Å²) in [5.74, 6) is 0.780. The van der Waals surface area contributed by atoms with Gasteiger partial charge in [-0.1, -0.05) is 41.5 Å². The highest BCUT2D eigenvalue weighted by molar-refractivity contribution is 5.90. The molecule has 6 nitrogen and oxygen atoms in total. The van der Waals surface area contributed by atoms with Crippen molar-refractivity contribution in [3.8, 4) is 17.1 Å². The summed E-state index contributed by atoms with van der Waals surface area (Å²) in [5.41, 5.74) is 7.13. The molecule has 0 saturated heterocycles. The van der Waals surface area contributed by atoms with Gasteiger partial charge in [-0.05, 0) is 38.5 Å². The largest absolute Gasteiger partial charge is 0.265 e. The lowest BCUT2D eigenvalue weighted by molar-refractivity contribution is 0.885. The van der Waals surface area contributed by atoms with Gasteiger partial charge in [-0.2, -0.15) is 5.10 Å². The molecule has 0 amide bonds. The maximum Gasteiger partial charge on any atom is 0.175 e. The van der Waals surface area contributed by atoms with Gasteiger partial charge < -0.3 is 0 Å². The minimum Gasteiger partial charge on any atom is -0.265 e. The molecule has 132 valence electrons. The summed E-state index contributed by atoms with van der Waals surface area (Å²) in [6, 6.07) is 14.5. The Balaban J connectivity index is 1.73. The molecule has 6 heteroatoms. The van der Waals surface area contributed by atoms with Crippen LogP contribution in [0, 0.1) is 20.8 Å². The van der Waals surface area contributed by atoms with Crippen molar-refractivity contribution in [3.05, 3.63) is 71.7 Å². The van der Waals surface area contributed by atoms with E-state index in [1.807, 2.05) is 27.4 Å². The van der Waals surface area contributed by atoms with Gasteiger partial charge in [0.25, 0.3) is 0 Å². The van der Waals surface area contributed by atoms with Crippen molar-refractivity contribution in [2.75, 3.05) is 0 Å². The number of aryl methyl sites for hydroxylation is 3. The van der Waals surface area contributed by atoms with E-state index < -0.39 is 0 Å². The lowest BCUT2D eigenvalue weighted by Crippen LogP contribution is -2.01. The van der Waals surface area contributed by atoms with Gasteiger partial charge >= 0.3 is 0 Å². The number of hydrogen-bond donors (Lipinski definition) is 0. The zero-order chi connectivity index (χ0) is 18.5. The third kappa shape index (κ3) is 2.41. The summed E-state index contributed by atoms with van der Waals surface area (Å²) in [7, 11) is 0. The second-order valence-corrected chi connectivity index (χ2v) is 6.91. The predicted octanol–water partition coefficient (Wildman–Crippen LogP) is 4.06. The third-order valence-corrected chi connectivity index (χ3v) is 4.83. The zero-order valence-corrected chi connectivity index (χ0v) is 15.4. The summed E-state index contributed by atoms with van der Waals surface area (Å²) in [6.45, 7) is 6.24. The molecule has 0 saturated carbocycles. The van der Waals surface area contributed by atoms with Crippen LogP contribution < -0.4 is 0 Å². The van der Waals surface area contributed by atoms with Crippen LogP contribution in [-0.4, -0.2) is 29.4 Å². The Bertz CT molecular complexity index is 1310. The van der Waals surface area contributed by atoms with Crippen LogP contribution in [0.5, 0.6) is 0 Å². The van der Waals surface area contributed by atoms with Crippen LogP contribution in [0.4, 0.5) is 0 Å². The molecule has 0 bridgehead atoms. The van der Waals surface area contributed by atoms with Gasteiger partial charge in [0.1, 0.15) is 6.33 Å². The summed E-state index contributed by atoms with van der Waals surface area (Å²) < 4.78 is 3.79. The molecular weight excluding hydrogens is 336 g/mol. The van der Waals surface area contributed by atoms with E-state index in [-0.39, 0.29) is 0 Å². The van der Waals surface area contributed by atoms with Gasteiger partial charge in [0.05, 0.1) is 17.3 Å². The van der Waals surface area contributed by atoms with Crippen molar-refractivity contribution in [2.24, 2.45) is 0 Å². The Labute approximate surface area is 156 Å². The fourth-order valence-corrected chi connectivity index (χ4v) is 3.52. The molecule has 5 rings (SSSR count). The number of rotatable bonds is 2. The van der Waals surface area contributed by atoms with Crippen molar-refractivity contribution < 1.29 is 0 Å². The second kappa shape index (κ2) is 5.74. The fourth-order valence-electron chi connectivity index (χ4n) is 3.52. The summed E-state index contributed by atoms with van der Waals surface area (Å²) in [4.78, 5) is 4.67. The number of nitrogens with zero attached hydrogens (tertiary/aromatic N) is 6. The third-order valence-electron chi connectivity index (χ3n) is 4.83. The van der Waals surface area contributed by atoms with Gasteiger partial charge in [0.15, 0.2) is 17.1 Å². The van der Waals surface area contributed by atoms with Gasteiger partial charge in [0.2, 0.25) is 0 Å². The van der Waals surface area contributed by atoms with Gasteiger partial charge in [0, 0.05) is 5.56 Å². The highest BCUT2D eigenvalue weighted by Crippen LogP contribution is 2.25. The Kier molecular flexibility index (Phi) is 3.33. The zero-order valence-electron chi connectivity index (χ0n) is 15.4. The molecular formula is C21H18N6. The van der Waals surface area contributed by atoms with Crippen LogP contribution in [0.25, 0.3) is 33.8 Å². The molecule has 0 aliphatic rings. The maximum atomic E-state index is 4.67. The van der Waals surface area contributed by atoms with Crippen molar-refractivity contribution >= 4 is 16.7 Å². The molecule has 27 heavy (non-hydrogen) atoms. The minimum absolute atomic E-state index is 0.757. The van der Waals surface area contributed by atoms with E-state index in [0.717, 1.165) is 39.3 Å². The molecule has 0 aliphatic heterocycles. The lowest BCUT2D eigenvalue weighted by Gasteiger charge is -2.08. The average Bonchev–Trinajstić information content (AvgIpc) is 3.25. The van der Waals surface area contributed by atoms with Crippen LogP contribution in [0.2, 0.25) is 0 Å². The minimum atomic E-state index is 0.757. The van der Waals surface area contributed by atoms with E-state index in [1.165, 1.54) is 11.1 Å². The predicted molar refractivity (Wildman–Crippen MR) is 105 cm³/mol. The molecule has 2 aromatic carbocycles. The van der Waals surface area contributed by atoms with Gasteiger partial charge in [-0.3, -0.25) is 4.40 Å². The molecule has 0 N–H and O–H groups in total. The molecule has 0 unspecified atom stereocenters. The molecule has 3 aromatic heterocycles. The molecule has 0 fully saturated rings. The van der Waals surface area contributed by atoms with Crippen LogP contribution in [0.1, 0.15) is 16.7 Å². The first-order valence-corrected chi connectivity index (χ1v) is 8.84. The number of aromatic nitrogens is 6. The molecule has 0 spiro atoms. The smallest absolute Gasteiger partial charge is 0.175 e. The van der Waals surface area contributed by atoms with Crippen molar-refractivity contribution in [1.29, 1.82) is 0 Å². The lowest BCUT2D eigenvalue weighted by atomic mass is 10.1.